The predicted molar refractivity (Wildman–Crippen MR) is 105 cm³/mol. The summed E-state index contributed by atoms with van der Waals surface area (Å²) in [6, 6.07) is 19.4. The van der Waals surface area contributed by atoms with Crippen LogP contribution in [0, 0.1) is 5.82 Å². The molecular weight excluding hydrogens is 357 g/mol. The number of hydrogen-bond acceptors (Lipinski definition) is 4. The van der Waals surface area contributed by atoms with Crippen molar-refractivity contribution >= 4 is 0 Å². The van der Waals surface area contributed by atoms with Crippen LogP contribution in [0.15, 0.2) is 66.7 Å². The van der Waals surface area contributed by atoms with Gasteiger partial charge in [-0.2, -0.15) is 0 Å². The number of β-amino-alcohol motifs (C(OH)–C–C–N with tert-alkyl or cyclic N) is 1. The molecule has 4 nitrogen and oxygen atoms in total. The third-order valence-electron chi connectivity index (χ3n) is 4.78. The van der Waals surface area contributed by atoms with Gasteiger partial charge in [-0.25, -0.2) is 4.39 Å². The Bertz CT molecular complexity index is 941. The van der Waals surface area contributed by atoms with Gasteiger partial charge in [0.15, 0.2) is 0 Å². The van der Waals surface area contributed by atoms with Crippen molar-refractivity contribution in [1.29, 1.82) is 0 Å². The van der Waals surface area contributed by atoms with Crippen molar-refractivity contribution in [1.82, 2.24) is 4.90 Å². The van der Waals surface area contributed by atoms with Gasteiger partial charge in [-0.05, 0) is 72.3 Å². The molecule has 0 amide bonds. The molecule has 0 aromatic heterocycles. The second-order valence-corrected chi connectivity index (χ2v) is 7.06. The molecule has 3 aromatic rings. The number of nitrogens with zero attached hydrogens (tertiary/aromatic N) is 1. The van der Waals surface area contributed by atoms with Crippen molar-refractivity contribution in [3.05, 3.63) is 89.2 Å². The van der Waals surface area contributed by atoms with E-state index in [1.54, 1.807) is 12.1 Å². The van der Waals surface area contributed by atoms with Crippen molar-refractivity contribution in [2.75, 3.05) is 13.6 Å². The van der Waals surface area contributed by atoms with Gasteiger partial charge in [0.2, 0.25) is 0 Å². The zero-order chi connectivity index (χ0) is 19.5. The molecule has 1 heterocycles. The molecule has 0 bridgehead atoms. The van der Waals surface area contributed by atoms with Crippen LogP contribution in [0.2, 0.25) is 0 Å². The average molecular weight is 379 g/mol. The molecule has 0 radical (unpaired) electrons. The molecule has 144 valence electrons. The normalized spacial score (nSPS) is 16.5. The van der Waals surface area contributed by atoms with E-state index < -0.39 is 6.10 Å². The fourth-order valence-electron chi connectivity index (χ4n) is 3.33. The zero-order valence-corrected chi connectivity index (χ0v) is 15.6. The van der Waals surface area contributed by atoms with Crippen molar-refractivity contribution in [2.24, 2.45) is 0 Å². The number of aliphatic hydroxyl groups is 1. The fourth-order valence-corrected chi connectivity index (χ4v) is 3.33. The summed E-state index contributed by atoms with van der Waals surface area (Å²) in [6.07, 6.45) is -0.486. The first-order chi connectivity index (χ1) is 13.6. The SMILES string of the molecule is CN1Cc2ccc(OCc3ccc(Oc4ccc(F)cc4)cc3)cc2[C@@H](O)C1. The number of rotatable bonds is 5. The van der Waals surface area contributed by atoms with E-state index >= 15 is 0 Å². The van der Waals surface area contributed by atoms with Gasteiger partial charge < -0.3 is 14.6 Å². The molecule has 0 aliphatic carbocycles. The predicted octanol–water partition coefficient (Wildman–Crippen LogP) is 4.68. The average Bonchev–Trinajstić information content (AvgIpc) is 2.69. The Labute approximate surface area is 163 Å². The standard InChI is InChI=1S/C23H22FNO3/c1-25-13-17-4-9-21(12-22(17)23(26)14-25)27-15-16-2-7-19(8-3-16)28-20-10-5-18(24)6-11-20/h2-12,23,26H,13-15H2,1H3/t23-/m0/s1. The summed E-state index contributed by atoms with van der Waals surface area (Å²) in [5, 5.41) is 10.3. The van der Waals surface area contributed by atoms with Crippen LogP contribution in [0.25, 0.3) is 0 Å². The second-order valence-electron chi connectivity index (χ2n) is 7.06. The molecule has 1 N–H and O–H groups in total. The maximum Gasteiger partial charge on any atom is 0.127 e. The second kappa shape index (κ2) is 8.00. The van der Waals surface area contributed by atoms with E-state index in [2.05, 4.69) is 4.90 Å². The van der Waals surface area contributed by atoms with Crippen LogP contribution in [0.3, 0.4) is 0 Å². The molecule has 0 unspecified atom stereocenters. The van der Waals surface area contributed by atoms with Crippen LogP contribution in [-0.4, -0.2) is 23.6 Å². The number of hydrogen-bond donors (Lipinski definition) is 1. The highest BCUT2D eigenvalue weighted by Crippen LogP contribution is 2.29. The Morgan fingerprint density at radius 2 is 1.61 bits per heavy atom. The van der Waals surface area contributed by atoms with Crippen molar-refractivity contribution in [3.63, 3.8) is 0 Å². The van der Waals surface area contributed by atoms with Crippen LogP contribution in [0.5, 0.6) is 17.2 Å². The van der Waals surface area contributed by atoms with Crippen LogP contribution < -0.4 is 9.47 Å². The molecule has 0 fully saturated rings. The van der Waals surface area contributed by atoms with Crippen LogP contribution in [-0.2, 0) is 13.2 Å². The Kier molecular flexibility index (Phi) is 5.28. The van der Waals surface area contributed by atoms with Crippen molar-refractivity contribution < 1.29 is 19.0 Å². The third-order valence-corrected chi connectivity index (χ3v) is 4.78. The number of aliphatic hydroxyl groups excluding tert-OH is 1. The fraction of sp³-hybridized carbons (Fsp3) is 0.217. The Morgan fingerprint density at radius 1 is 0.964 bits per heavy atom. The van der Waals surface area contributed by atoms with E-state index in [1.807, 2.05) is 49.5 Å². The topological polar surface area (TPSA) is 41.9 Å². The minimum Gasteiger partial charge on any atom is -0.489 e. The zero-order valence-electron chi connectivity index (χ0n) is 15.6. The number of likely N-dealkylation sites (N-methyl/N-ethyl adjacent to an activating group) is 1. The van der Waals surface area contributed by atoms with Gasteiger partial charge in [0.05, 0.1) is 6.10 Å². The van der Waals surface area contributed by atoms with E-state index in [-0.39, 0.29) is 5.82 Å². The third kappa shape index (κ3) is 4.32. The highest BCUT2D eigenvalue weighted by molar-refractivity contribution is 5.39. The largest absolute Gasteiger partial charge is 0.489 e. The molecule has 0 spiro atoms. The van der Waals surface area contributed by atoms with E-state index in [0.29, 0.717) is 24.7 Å². The molecular formula is C23H22FNO3. The molecule has 1 atom stereocenters. The summed E-state index contributed by atoms with van der Waals surface area (Å²) in [4.78, 5) is 2.10. The smallest absolute Gasteiger partial charge is 0.127 e. The number of fused-ring (bicyclic) bond motifs is 1. The Morgan fingerprint density at radius 3 is 2.32 bits per heavy atom. The Balaban J connectivity index is 1.37. The van der Waals surface area contributed by atoms with E-state index in [1.165, 1.54) is 12.1 Å². The van der Waals surface area contributed by atoms with Crippen LogP contribution >= 0.6 is 0 Å². The highest BCUT2D eigenvalue weighted by Gasteiger charge is 2.21. The lowest BCUT2D eigenvalue weighted by Crippen LogP contribution is -2.30. The number of halogens is 1. The lowest BCUT2D eigenvalue weighted by molar-refractivity contribution is 0.107. The summed E-state index contributed by atoms with van der Waals surface area (Å²) in [5.41, 5.74) is 3.08. The van der Waals surface area contributed by atoms with Crippen LogP contribution in [0.4, 0.5) is 4.39 Å². The summed E-state index contributed by atoms with van der Waals surface area (Å²) < 4.78 is 24.5. The summed E-state index contributed by atoms with van der Waals surface area (Å²) in [5.74, 6) is 1.72. The quantitative estimate of drug-likeness (QED) is 0.699. The first-order valence-corrected chi connectivity index (χ1v) is 9.21. The van der Waals surface area contributed by atoms with Gasteiger partial charge in [0.25, 0.3) is 0 Å². The first-order valence-electron chi connectivity index (χ1n) is 9.21. The minimum atomic E-state index is -0.486. The number of benzene rings is 3. The van der Waals surface area contributed by atoms with E-state index in [0.717, 1.165) is 29.0 Å². The summed E-state index contributed by atoms with van der Waals surface area (Å²) in [6.45, 7) is 1.89. The monoisotopic (exact) mass is 379 g/mol. The molecule has 28 heavy (non-hydrogen) atoms. The van der Waals surface area contributed by atoms with Gasteiger partial charge in [-0.1, -0.05) is 18.2 Å². The summed E-state index contributed by atoms with van der Waals surface area (Å²) in [7, 11) is 2.00. The van der Waals surface area contributed by atoms with Gasteiger partial charge in [-0.3, -0.25) is 4.90 Å². The lowest BCUT2D eigenvalue weighted by atomic mass is 9.97. The van der Waals surface area contributed by atoms with Crippen molar-refractivity contribution in [2.45, 2.75) is 19.3 Å². The van der Waals surface area contributed by atoms with Gasteiger partial charge >= 0.3 is 0 Å². The Hall–Kier alpha value is -2.89. The van der Waals surface area contributed by atoms with Crippen LogP contribution in [0.1, 0.15) is 22.8 Å². The van der Waals surface area contributed by atoms with Crippen molar-refractivity contribution in [3.8, 4) is 17.2 Å². The highest BCUT2D eigenvalue weighted by atomic mass is 19.1. The summed E-state index contributed by atoms with van der Waals surface area (Å²) >= 11 is 0. The lowest BCUT2D eigenvalue weighted by Gasteiger charge is -2.29. The molecule has 1 aliphatic heterocycles. The molecule has 0 saturated carbocycles. The number of ether oxygens (including phenoxy) is 2. The maximum atomic E-state index is 12.9. The van der Waals surface area contributed by atoms with E-state index in [9.17, 15) is 9.50 Å². The van der Waals surface area contributed by atoms with Gasteiger partial charge in [0, 0.05) is 13.1 Å². The maximum absolute atomic E-state index is 12.9. The molecule has 1 aliphatic rings. The molecule has 3 aromatic carbocycles. The molecule has 5 heteroatoms. The van der Waals surface area contributed by atoms with E-state index in [4.69, 9.17) is 9.47 Å². The molecule has 4 rings (SSSR count). The molecule has 0 saturated heterocycles. The first kappa shape index (κ1) is 18.5. The van der Waals surface area contributed by atoms with Gasteiger partial charge in [0.1, 0.15) is 29.7 Å². The minimum absolute atomic E-state index is 0.290. The van der Waals surface area contributed by atoms with Gasteiger partial charge in [-0.15, -0.1) is 0 Å².